The topological polar surface area (TPSA) is 106 Å². The van der Waals surface area contributed by atoms with Gasteiger partial charge in [-0.1, -0.05) is 6.92 Å². The molecule has 0 aliphatic heterocycles. The van der Waals surface area contributed by atoms with Crippen LogP contribution in [0.5, 0.6) is 0 Å². The second-order valence-electron chi connectivity index (χ2n) is 4.91. The van der Waals surface area contributed by atoms with Gasteiger partial charge in [-0.3, -0.25) is 5.10 Å². The van der Waals surface area contributed by atoms with Crippen molar-refractivity contribution in [3.8, 4) is 0 Å². The van der Waals surface area contributed by atoms with E-state index in [4.69, 9.17) is 5.73 Å². The van der Waals surface area contributed by atoms with Crippen LogP contribution >= 0.6 is 0 Å². The van der Waals surface area contributed by atoms with Crippen LogP contribution < -0.4 is 10.5 Å². The Kier molecular flexibility index (Phi) is 4.81. The molecule has 0 saturated heterocycles. The van der Waals surface area contributed by atoms with Crippen LogP contribution in [0.25, 0.3) is 0 Å². The van der Waals surface area contributed by atoms with Gasteiger partial charge < -0.3 is 10.3 Å². The Bertz CT molecular complexity index is 702. The quantitative estimate of drug-likeness (QED) is 0.705. The zero-order chi connectivity index (χ0) is 15.5. The standard InChI is InChI=1S/C13H21N5O2S/c1-3-4-18-9-13(5-12(18)6-14)21(19,20)16-8-11-7-15-17-10(11)2/h5,7,9,16H,3-4,6,8,14H2,1-2H3,(H,15,17). The molecular weight excluding hydrogens is 290 g/mol. The maximum Gasteiger partial charge on any atom is 0.242 e. The fraction of sp³-hybridized carbons (Fsp3) is 0.462. The summed E-state index contributed by atoms with van der Waals surface area (Å²) >= 11 is 0. The van der Waals surface area contributed by atoms with Crippen molar-refractivity contribution in [3.63, 3.8) is 0 Å². The van der Waals surface area contributed by atoms with Gasteiger partial charge in [-0.2, -0.15) is 5.10 Å². The lowest BCUT2D eigenvalue weighted by molar-refractivity contribution is 0.580. The molecule has 0 spiro atoms. The number of aromatic nitrogens is 3. The van der Waals surface area contributed by atoms with E-state index in [0.717, 1.165) is 29.9 Å². The normalized spacial score (nSPS) is 12.0. The SMILES string of the molecule is CCCn1cc(S(=O)(=O)NCc2cn[nH]c2C)cc1CN. The highest BCUT2D eigenvalue weighted by Gasteiger charge is 2.18. The van der Waals surface area contributed by atoms with E-state index in [2.05, 4.69) is 14.9 Å². The number of nitrogens with zero attached hydrogens (tertiary/aromatic N) is 2. The molecule has 2 aromatic rings. The van der Waals surface area contributed by atoms with E-state index in [1.54, 1.807) is 18.5 Å². The highest BCUT2D eigenvalue weighted by Crippen LogP contribution is 2.15. The third kappa shape index (κ3) is 3.52. The molecule has 0 fully saturated rings. The molecule has 8 heteroatoms. The number of aryl methyl sites for hydroxylation is 2. The van der Waals surface area contributed by atoms with Crippen LogP contribution in [0.1, 0.15) is 30.3 Å². The number of sulfonamides is 1. The molecule has 0 aliphatic rings. The molecule has 2 rings (SSSR count). The Morgan fingerprint density at radius 2 is 2.24 bits per heavy atom. The van der Waals surface area contributed by atoms with Crippen LogP contribution in [0, 0.1) is 6.92 Å². The minimum atomic E-state index is -3.55. The van der Waals surface area contributed by atoms with Crippen LogP contribution in [-0.2, 0) is 29.7 Å². The van der Waals surface area contributed by atoms with Crippen LogP contribution in [0.2, 0.25) is 0 Å². The lowest BCUT2D eigenvalue weighted by atomic mass is 10.3. The summed E-state index contributed by atoms with van der Waals surface area (Å²) in [5.74, 6) is 0. The summed E-state index contributed by atoms with van der Waals surface area (Å²) in [5, 5.41) is 6.65. The van der Waals surface area contributed by atoms with E-state index >= 15 is 0 Å². The van der Waals surface area contributed by atoms with E-state index in [-0.39, 0.29) is 11.4 Å². The molecule has 2 aromatic heterocycles. The zero-order valence-corrected chi connectivity index (χ0v) is 13.1. The smallest absolute Gasteiger partial charge is 0.242 e. The van der Waals surface area contributed by atoms with Gasteiger partial charge in [-0.15, -0.1) is 0 Å². The largest absolute Gasteiger partial charge is 0.349 e. The molecule has 21 heavy (non-hydrogen) atoms. The van der Waals surface area contributed by atoms with Gasteiger partial charge in [0, 0.05) is 42.8 Å². The average molecular weight is 311 g/mol. The first-order valence-electron chi connectivity index (χ1n) is 6.85. The van der Waals surface area contributed by atoms with Gasteiger partial charge in [0.1, 0.15) is 0 Å². The maximum atomic E-state index is 12.3. The molecule has 0 amide bonds. The lowest BCUT2D eigenvalue weighted by Crippen LogP contribution is -2.23. The van der Waals surface area contributed by atoms with Gasteiger partial charge in [-0.25, -0.2) is 13.1 Å². The fourth-order valence-corrected chi connectivity index (χ4v) is 3.17. The number of hydrogen-bond donors (Lipinski definition) is 3. The molecule has 0 atom stereocenters. The highest BCUT2D eigenvalue weighted by molar-refractivity contribution is 7.89. The van der Waals surface area contributed by atoms with Gasteiger partial charge in [0.2, 0.25) is 10.0 Å². The van der Waals surface area contributed by atoms with Crippen LogP contribution in [0.3, 0.4) is 0 Å². The minimum Gasteiger partial charge on any atom is -0.349 e. The number of nitrogens with two attached hydrogens (primary N) is 1. The fourth-order valence-electron chi connectivity index (χ4n) is 2.10. The van der Waals surface area contributed by atoms with Crippen molar-refractivity contribution >= 4 is 10.0 Å². The van der Waals surface area contributed by atoms with Crippen molar-refractivity contribution in [1.29, 1.82) is 0 Å². The first kappa shape index (κ1) is 15.7. The summed E-state index contributed by atoms with van der Waals surface area (Å²) in [5.41, 5.74) is 8.15. The van der Waals surface area contributed by atoms with Crippen LogP contribution in [0.4, 0.5) is 0 Å². The summed E-state index contributed by atoms with van der Waals surface area (Å²) in [6, 6.07) is 1.63. The Balaban J connectivity index is 2.17. The molecule has 7 nitrogen and oxygen atoms in total. The molecule has 4 N–H and O–H groups in total. The van der Waals surface area contributed by atoms with Gasteiger partial charge in [0.25, 0.3) is 0 Å². The minimum absolute atomic E-state index is 0.210. The highest BCUT2D eigenvalue weighted by atomic mass is 32.2. The summed E-state index contributed by atoms with van der Waals surface area (Å²) in [4.78, 5) is 0.248. The molecule has 0 radical (unpaired) electrons. The third-order valence-electron chi connectivity index (χ3n) is 3.33. The third-order valence-corrected chi connectivity index (χ3v) is 4.70. The van der Waals surface area contributed by atoms with Crippen molar-refractivity contribution in [3.05, 3.63) is 35.4 Å². The second kappa shape index (κ2) is 6.42. The number of nitrogens with one attached hydrogen (secondary N) is 2. The Hall–Kier alpha value is -1.64. The van der Waals surface area contributed by atoms with Crippen LogP contribution in [0.15, 0.2) is 23.4 Å². The number of rotatable bonds is 7. The molecule has 0 saturated carbocycles. The molecule has 0 bridgehead atoms. The molecule has 2 heterocycles. The van der Waals surface area contributed by atoms with Gasteiger partial charge in [-0.05, 0) is 19.4 Å². The Morgan fingerprint density at radius 3 is 2.81 bits per heavy atom. The first-order valence-corrected chi connectivity index (χ1v) is 8.34. The summed E-state index contributed by atoms with van der Waals surface area (Å²) < 4.78 is 29.1. The molecule has 0 aromatic carbocycles. The summed E-state index contributed by atoms with van der Waals surface area (Å²) in [6.45, 7) is 5.16. The van der Waals surface area contributed by atoms with E-state index in [0.29, 0.717) is 6.54 Å². The van der Waals surface area contributed by atoms with Crippen molar-refractivity contribution < 1.29 is 8.42 Å². The molecule has 116 valence electrons. The number of aromatic amines is 1. The number of H-pyrrole nitrogens is 1. The van der Waals surface area contributed by atoms with Gasteiger partial charge in [0.05, 0.1) is 11.1 Å². The van der Waals surface area contributed by atoms with Gasteiger partial charge in [0.15, 0.2) is 0 Å². The van der Waals surface area contributed by atoms with E-state index < -0.39 is 10.0 Å². The first-order chi connectivity index (χ1) is 9.97. The second-order valence-corrected chi connectivity index (χ2v) is 6.68. The van der Waals surface area contributed by atoms with Gasteiger partial charge >= 0.3 is 0 Å². The Labute approximate surface area is 124 Å². The molecular formula is C13H21N5O2S. The molecule has 0 unspecified atom stereocenters. The van der Waals surface area contributed by atoms with Crippen LogP contribution in [-0.4, -0.2) is 23.2 Å². The van der Waals surface area contributed by atoms with Crippen molar-refractivity contribution in [2.45, 2.75) is 44.8 Å². The Morgan fingerprint density at radius 1 is 1.48 bits per heavy atom. The molecule has 0 aliphatic carbocycles. The van der Waals surface area contributed by atoms with E-state index in [1.165, 1.54) is 0 Å². The van der Waals surface area contributed by atoms with E-state index in [1.807, 2.05) is 18.4 Å². The lowest BCUT2D eigenvalue weighted by Gasteiger charge is -2.05. The van der Waals surface area contributed by atoms with E-state index in [9.17, 15) is 8.42 Å². The predicted molar refractivity (Wildman–Crippen MR) is 80.0 cm³/mol. The number of hydrogen-bond acceptors (Lipinski definition) is 4. The van der Waals surface area contributed by atoms with Crippen molar-refractivity contribution in [2.24, 2.45) is 5.73 Å². The van der Waals surface area contributed by atoms with Crippen molar-refractivity contribution in [1.82, 2.24) is 19.5 Å². The average Bonchev–Trinajstić information content (AvgIpc) is 3.04. The maximum absolute atomic E-state index is 12.3. The monoisotopic (exact) mass is 311 g/mol. The summed E-state index contributed by atoms with van der Waals surface area (Å²) in [6.07, 6.45) is 4.17. The predicted octanol–water partition coefficient (Wildman–Crippen LogP) is 0.867. The zero-order valence-electron chi connectivity index (χ0n) is 12.3. The van der Waals surface area contributed by atoms with Crippen molar-refractivity contribution in [2.75, 3.05) is 0 Å². The summed E-state index contributed by atoms with van der Waals surface area (Å²) in [7, 11) is -3.55.